The van der Waals surface area contributed by atoms with Crippen LogP contribution in [-0.4, -0.2) is 45.7 Å². The van der Waals surface area contributed by atoms with Gasteiger partial charge in [-0.3, -0.25) is 4.79 Å². The summed E-state index contributed by atoms with van der Waals surface area (Å²) in [6.07, 6.45) is 0.925. The van der Waals surface area contributed by atoms with E-state index in [0.717, 1.165) is 37.4 Å². The van der Waals surface area contributed by atoms with Crippen LogP contribution in [0.3, 0.4) is 0 Å². The van der Waals surface area contributed by atoms with Gasteiger partial charge in [0.25, 0.3) is 5.91 Å². The molecular weight excluding hydrogens is 290 g/mol. The highest BCUT2D eigenvalue weighted by atomic mass is 16.2. The largest absolute Gasteiger partial charge is 0.345 e. The monoisotopic (exact) mass is 311 g/mol. The standard InChI is InChI=1S/C17H21N5O/c1-21-9-13-7-15-19-20-16(22(15)11-14(13)10-21)17(23)18-8-12-5-3-2-4-6-12/h2-6,13-14H,7-11H2,1H3,(H,18,23)/t13-,14-/m0/s1. The zero-order valence-electron chi connectivity index (χ0n) is 13.3. The molecule has 0 spiro atoms. The molecule has 6 nitrogen and oxygen atoms in total. The van der Waals surface area contributed by atoms with Gasteiger partial charge in [-0.1, -0.05) is 30.3 Å². The van der Waals surface area contributed by atoms with E-state index in [1.165, 1.54) is 0 Å². The molecule has 3 heterocycles. The van der Waals surface area contributed by atoms with E-state index in [4.69, 9.17) is 0 Å². The van der Waals surface area contributed by atoms with Crippen molar-refractivity contribution in [2.75, 3.05) is 20.1 Å². The second-order valence-electron chi connectivity index (χ2n) is 6.66. The van der Waals surface area contributed by atoms with E-state index < -0.39 is 0 Å². The van der Waals surface area contributed by atoms with Crippen LogP contribution in [-0.2, 0) is 19.5 Å². The van der Waals surface area contributed by atoms with Gasteiger partial charge in [-0.25, -0.2) is 0 Å². The lowest BCUT2D eigenvalue weighted by atomic mass is 9.89. The van der Waals surface area contributed by atoms with Crippen LogP contribution in [0.15, 0.2) is 30.3 Å². The van der Waals surface area contributed by atoms with Crippen molar-refractivity contribution < 1.29 is 4.79 Å². The summed E-state index contributed by atoms with van der Waals surface area (Å²) in [7, 11) is 2.16. The minimum absolute atomic E-state index is 0.141. The number of carbonyl (C=O) groups excluding carboxylic acids is 1. The number of hydrogen-bond donors (Lipinski definition) is 1. The van der Waals surface area contributed by atoms with Crippen molar-refractivity contribution in [3.8, 4) is 0 Å². The minimum atomic E-state index is -0.141. The Morgan fingerprint density at radius 2 is 1.96 bits per heavy atom. The molecule has 0 aliphatic carbocycles. The third kappa shape index (κ3) is 2.74. The number of fused-ring (bicyclic) bond motifs is 2. The SMILES string of the molecule is CN1C[C@@H]2Cc3nnc(C(=O)NCc4ccccc4)n3C[C@@H]2C1. The summed E-state index contributed by atoms with van der Waals surface area (Å²) in [5.41, 5.74) is 1.08. The van der Waals surface area contributed by atoms with Crippen molar-refractivity contribution in [1.29, 1.82) is 0 Å². The molecule has 23 heavy (non-hydrogen) atoms. The third-order valence-electron chi connectivity index (χ3n) is 4.95. The Morgan fingerprint density at radius 3 is 2.78 bits per heavy atom. The van der Waals surface area contributed by atoms with Crippen LogP contribution < -0.4 is 5.32 Å². The lowest BCUT2D eigenvalue weighted by Crippen LogP contribution is -2.32. The van der Waals surface area contributed by atoms with Gasteiger partial charge in [-0.15, -0.1) is 10.2 Å². The topological polar surface area (TPSA) is 63.1 Å². The summed E-state index contributed by atoms with van der Waals surface area (Å²) in [6, 6.07) is 9.90. The van der Waals surface area contributed by atoms with Crippen molar-refractivity contribution in [2.24, 2.45) is 11.8 Å². The van der Waals surface area contributed by atoms with E-state index in [1.54, 1.807) is 0 Å². The summed E-state index contributed by atoms with van der Waals surface area (Å²) in [5, 5.41) is 11.3. The van der Waals surface area contributed by atoms with Gasteiger partial charge in [-0.05, 0) is 24.4 Å². The van der Waals surface area contributed by atoms with Gasteiger partial charge in [0, 0.05) is 32.6 Å². The first-order valence-corrected chi connectivity index (χ1v) is 8.13. The molecule has 1 amide bonds. The van der Waals surface area contributed by atoms with Crippen LogP contribution in [0, 0.1) is 11.8 Å². The first-order valence-electron chi connectivity index (χ1n) is 8.13. The second kappa shape index (κ2) is 5.77. The Kier molecular flexibility index (Phi) is 3.61. The second-order valence-corrected chi connectivity index (χ2v) is 6.66. The quantitative estimate of drug-likeness (QED) is 0.916. The Bertz CT molecular complexity index is 711. The van der Waals surface area contributed by atoms with E-state index in [0.29, 0.717) is 24.2 Å². The number of nitrogens with one attached hydrogen (secondary N) is 1. The first-order chi connectivity index (χ1) is 11.2. The number of nitrogens with zero attached hydrogens (tertiary/aromatic N) is 4. The smallest absolute Gasteiger partial charge is 0.289 e. The van der Waals surface area contributed by atoms with Gasteiger partial charge in [0.15, 0.2) is 0 Å². The fourth-order valence-electron chi connectivity index (χ4n) is 3.78. The maximum absolute atomic E-state index is 12.5. The summed E-state index contributed by atoms with van der Waals surface area (Å²) in [6.45, 7) is 3.57. The van der Waals surface area contributed by atoms with Crippen LogP contribution in [0.25, 0.3) is 0 Å². The molecule has 2 aromatic rings. The first kappa shape index (κ1) is 14.4. The normalized spacial score (nSPS) is 23.3. The Balaban J connectivity index is 1.47. The molecule has 0 unspecified atom stereocenters. The maximum Gasteiger partial charge on any atom is 0.289 e. The van der Waals surface area contributed by atoms with E-state index in [-0.39, 0.29) is 5.91 Å². The number of benzene rings is 1. The van der Waals surface area contributed by atoms with Crippen LogP contribution in [0.5, 0.6) is 0 Å². The molecule has 6 heteroatoms. The predicted molar refractivity (Wildman–Crippen MR) is 85.8 cm³/mol. The van der Waals surface area contributed by atoms with Gasteiger partial charge >= 0.3 is 0 Å². The number of rotatable bonds is 3. The van der Waals surface area contributed by atoms with E-state index in [2.05, 4.69) is 27.5 Å². The molecule has 1 fully saturated rings. The highest BCUT2D eigenvalue weighted by Gasteiger charge is 2.37. The third-order valence-corrected chi connectivity index (χ3v) is 4.95. The fourth-order valence-corrected chi connectivity index (χ4v) is 3.78. The van der Waals surface area contributed by atoms with E-state index in [9.17, 15) is 4.79 Å². The Morgan fingerprint density at radius 1 is 1.17 bits per heavy atom. The van der Waals surface area contributed by atoms with E-state index >= 15 is 0 Å². The Hall–Kier alpha value is -2.21. The molecular formula is C17H21N5O. The molecule has 2 aliphatic rings. The van der Waals surface area contributed by atoms with Gasteiger partial charge in [0.2, 0.25) is 5.82 Å². The molecule has 1 aromatic carbocycles. The maximum atomic E-state index is 12.5. The number of amides is 1. The highest BCUT2D eigenvalue weighted by molar-refractivity contribution is 5.90. The van der Waals surface area contributed by atoms with Gasteiger partial charge in [0.05, 0.1) is 0 Å². The molecule has 0 radical (unpaired) electrons. The Labute approximate surface area is 135 Å². The lowest BCUT2D eigenvalue weighted by molar-refractivity contribution is 0.0932. The van der Waals surface area contributed by atoms with Crippen molar-refractivity contribution in [3.05, 3.63) is 47.5 Å². The molecule has 0 saturated carbocycles. The van der Waals surface area contributed by atoms with Crippen LogP contribution >= 0.6 is 0 Å². The summed E-state index contributed by atoms with van der Waals surface area (Å²) >= 11 is 0. The van der Waals surface area contributed by atoms with Crippen LogP contribution in [0.2, 0.25) is 0 Å². The van der Waals surface area contributed by atoms with Gasteiger partial charge < -0.3 is 14.8 Å². The number of carbonyl (C=O) groups is 1. The summed E-state index contributed by atoms with van der Waals surface area (Å²) in [4.78, 5) is 14.8. The predicted octanol–water partition coefficient (Wildman–Crippen LogP) is 0.942. The van der Waals surface area contributed by atoms with Crippen molar-refractivity contribution in [1.82, 2.24) is 25.0 Å². The zero-order valence-corrected chi connectivity index (χ0v) is 13.3. The molecule has 0 bridgehead atoms. The zero-order chi connectivity index (χ0) is 15.8. The number of hydrogen-bond acceptors (Lipinski definition) is 4. The molecule has 120 valence electrons. The van der Waals surface area contributed by atoms with Crippen molar-refractivity contribution >= 4 is 5.91 Å². The van der Waals surface area contributed by atoms with Gasteiger partial charge in [0.1, 0.15) is 5.82 Å². The molecule has 4 rings (SSSR count). The van der Waals surface area contributed by atoms with E-state index in [1.807, 2.05) is 34.9 Å². The molecule has 1 N–H and O–H groups in total. The summed E-state index contributed by atoms with van der Waals surface area (Å²) in [5.74, 6) is 2.51. The molecule has 2 atom stereocenters. The van der Waals surface area contributed by atoms with Crippen LogP contribution in [0.4, 0.5) is 0 Å². The van der Waals surface area contributed by atoms with Crippen molar-refractivity contribution in [3.63, 3.8) is 0 Å². The van der Waals surface area contributed by atoms with Crippen molar-refractivity contribution in [2.45, 2.75) is 19.5 Å². The molecule has 1 saturated heterocycles. The molecule has 2 aliphatic heterocycles. The van der Waals surface area contributed by atoms with Gasteiger partial charge in [-0.2, -0.15) is 0 Å². The number of aromatic nitrogens is 3. The highest BCUT2D eigenvalue weighted by Crippen LogP contribution is 2.31. The molecule has 1 aromatic heterocycles. The fraction of sp³-hybridized carbons (Fsp3) is 0.471. The average molecular weight is 311 g/mol. The number of likely N-dealkylation sites (tertiary alicyclic amines) is 1. The average Bonchev–Trinajstić information content (AvgIpc) is 3.12. The lowest BCUT2D eigenvalue weighted by Gasteiger charge is -2.25. The summed E-state index contributed by atoms with van der Waals surface area (Å²) < 4.78 is 2.01. The van der Waals surface area contributed by atoms with Crippen LogP contribution in [0.1, 0.15) is 22.0 Å². The minimum Gasteiger partial charge on any atom is -0.345 e.